The molecule has 1 aromatic heterocycles. The number of nitrogen functional groups attached to an aromatic ring is 1. The third-order valence-corrected chi connectivity index (χ3v) is 3.09. The molecule has 0 fully saturated rings. The third kappa shape index (κ3) is 3.97. The standard InChI is InChI=1S/C12H12BrF2N3O2/c13-9-2-1-7(16)5-8(9)12-17-11(18-20-12)3-4-19-6-10(14)15/h1-2,5,10H,3-4,6,16H2. The summed E-state index contributed by atoms with van der Waals surface area (Å²) in [7, 11) is 0. The molecular formula is C12H12BrF2N3O2. The Morgan fingerprint density at radius 2 is 2.20 bits per heavy atom. The summed E-state index contributed by atoms with van der Waals surface area (Å²) in [5, 5.41) is 3.76. The zero-order valence-corrected chi connectivity index (χ0v) is 11.9. The molecule has 0 aliphatic heterocycles. The molecule has 0 amide bonds. The zero-order valence-electron chi connectivity index (χ0n) is 10.4. The average molecular weight is 348 g/mol. The van der Waals surface area contributed by atoms with Crippen LogP contribution in [0.1, 0.15) is 5.82 Å². The Bertz CT molecular complexity index is 578. The quantitative estimate of drug-likeness (QED) is 0.642. The van der Waals surface area contributed by atoms with E-state index in [9.17, 15) is 8.78 Å². The second-order valence-electron chi connectivity index (χ2n) is 3.97. The van der Waals surface area contributed by atoms with E-state index >= 15 is 0 Å². The number of halogens is 3. The number of ether oxygens (including phenoxy) is 1. The van der Waals surface area contributed by atoms with E-state index in [0.717, 1.165) is 4.47 Å². The van der Waals surface area contributed by atoms with Gasteiger partial charge < -0.3 is 15.0 Å². The van der Waals surface area contributed by atoms with Gasteiger partial charge in [0.2, 0.25) is 0 Å². The Morgan fingerprint density at radius 1 is 1.40 bits per heavy atom. The molecule has 0 atom stereocenters. The lowest BCUT2D eigenvalue weighted by Gasteiger charge is -2.00. The number of nitrogens with zero attached hydrogens (tertiary/aromatic N) is 2. The molecule has 0 aliphatic rings. The van der Waals surface area contributed by atoms with Crippen molar-refractivity contribution in [1.82, 2.24) is 10.1 Å². The number of anilines is 1. The van der Waals surface area contributed by atoms with Crippen LogP contribution in [0.4, 0.5) is 14.5 Å². The van der Waals surface area contributed by atoms with Crippen LogP contribution < -0.4 is 5.73 Å². The maximum Gasteiger partial charge on any atom is 0.261 e. The van der Waals surface area contributed by atoms with Gasteiger partial charge in [-0.15, -0.1) is 0 Å². The number of alkyl halides is 2. The number of benzene rings is 1. The summed E-state index contributed by atoms with van der Waals surface area (Å²) in [4.78, 5) is 4.17. The topological polar surface area (TPSA) is 74.2 Å². The van der Waals surface area contributed by atoms with E-state index in [4.69, 9.17) is 15.0 Å². The Morgan fingerprint density at radius 3 is 2.95 bits per heavy atom. The summed E-state index contributed by atoms with van der Waals surface area (Å²) in [6.45, 7) is -0.479. The molecule has 0 radical (unpaired) electrons. The van der Waals surface area contributed by atoms with E-state index in [2.05, 4.69) is 26.1 Å². The van der Waals surface area contributed by atoms with Crippen LogP contribution in [0.5, 0.6) is 0 Å². The van der Waals surface area contributed by atoms with Gasteiger partial charge in [-0.3, -0.25) is 0 Å². The Hall–Kier alpha value is -1.54. The van der Waals surface area contributed by atoms with Crippen molar-refractivity contribution in [2.45, 2.75) is 12.8 Å². The van der Waals surface area contributed by atoms with Gasteiger partial charge in [-0.25, -0.2) is 8.78 Å². The van der Waals surface area contributed by atoms with Gasteiger partial charge in [0.25, 0.3) is 12.3 Å². The summed E-state index contributed by atoms with van der Waals surface area (Å²) < 4.78 is 34.4. The van der Waals surface area contributed by atoms with Crippen molar-refractivity contribution in [3.8, 4) is 11.5 Å². The number of hydrogen-bond acceptors (Lipinski definition) is 5. The molecule has 5 nitrogen and oxygen atoms in total. The molecule has 0 unspecified atom stereocenters. The minimum Gasteiger partial charge on any atom is -0.399 e. The number of hydrogen-bond donors (Lipinski definition) is 1. The predicted molar refractivity (Wildman–Crippen MR) is 72.4 cm³/mol. The normalized spacial score (nSPS) is 11.2. The first-order valence-electron chi connectivity index (χ1n) is 5.80. The highest BCUT2D eigenvalue weighted by atomic mass is 79.9. The van der Waals surface area contributed by atoms with Crippen LogP contribution in [0.25, 0.3) is 11.5 Å². The Balaban J connectivity index is 2.00. The summed E-state index contributed by atoms with van der Waals surface area (Å²) in [6, 6.07) is 5.22. The first kappa shape index (κ1) is 14.9. The van der Waals surface area contributed by atoms with Gasteiger partial charge in [-0.2, -0.15) is 4.98 Å². The average Bonchev–Trinajstić information content (AvgIpc) is 2.86. The van der Waals surface area contributed by atoms with Gasteiger partial charge >= 0.3 is 0 Å². The fourth-order valence-electron chi connectivity index (χ4n) is 1.51. The molecule has 2 aromatic rings. The van der Waals surface area contributed by atoms with Gasteiger partial charge in [-0.1, -0.05) is 5.16 Å². The monoisotopic (exact) mass is 347 g/mol. The first-order valence-corrected chi connectivity index (χ1v) is 6.59. The van der Waals surface area contributed by atoms with Crippen LogP contribution >= 0.6 is 15.9 Å². The van der Waals surface area contributed by atoms with E-state index < -0.39 is 13.0 Å². The van der Waals surface area contributed by atoms with Crippen molar-refractivity contribution in [2.75, 3.05) is 18.9 Å². The van der Waals surface area contributed by atoms with Gasteiger partial charge in [0.15, 0.2) is 5.82 Å². The molecule has 1 heterocycles. The Labute approximate surface area is 122 Å². The van der Waals surface area contributed by atoms with Gasteiger partial charge in [0, 0.05) is 16.6 Å². The molecule has 1 aromatic carbocycles. The molecule has 0 saturated heterocycles. The highest BCUT2D eigenvalue weighted by Gasteiger charge is 2.12. The summed E-state index contributed by atoms with van der Waals surface area (Å²) >= 11 is 3.36. The predicted octanol–water partition coefficient (Wildman–Crippen LogP) is 2.91. The van der Waals surface area contributed by atoms with Crippen molar-refractivity contribution >= 4 is 21.6 Å². The van der Waals surface area contributed by atoms with Crippen LogP contribution in [0.15, 0.2) is 27.2 Å². The summed E-state index contributed by atoms with van der Waals surface area (Å²) in [6.07, 6.45) is -2.17. The molecule has 20 heavy (non-hydrogen) atoms. The molecule has 2 N–H and O–H groups in total. The van der Waals surface area contributed by atoms with E-state index in [1.165, 1.54) is 0 Å². The highest BCUT2D eigenvalue weighted by Crippen LogP contribution is 2.28. The highest BCUT2D eigenvalue weighted by molar-refractivity contribution is 9.10. The molecule has 0 saturated carbocycles. The second kappa shape index (κ2) is 6.76. The molecule has 2 rings (SSSR count). The van der Waals surface area contributed by atoms with E-state index in [0.29, 0.717) is 29.4 Å². The fourth-order valence-corrected chi connectivity index (χ4v) is 1.92. The lowest BCUT2D eigenvalue weighted by molar-refractivity contribution is 0.0182. The van der Waals surface area contributed by atoms with E-state index in [1.54, 1.807) is 18.2 Å². The van der Waals surface area contributed by atoms with Crippen LogP contribution in [0.3, 0.4) is 0 Å². The first-order chi connectivity index (χ1) is 9.56. The van der Waals surface area contributed by atoms with Gasteiger partial charge in [0.05, 0.1) is 12.2 Å². The van der Waals surface area contributed by atoms with E-state index in [1.807, 2.05) is 0 Å². The second-order valence-corrected chi connectivity index (χ2v) is 4.83. The number of aromatic nitrogens is 2. The van der Waals surface area contributed by atoms with Gasteiger partial charge in [-0.05, 0) is 34.1 Å². The van der Waals surface area contributed by atoms with Crippen LogP contribution in [0.2, 0.25) is 0 Å². The lowest BCUT2D eigenvalue weighted by Crippen LogP contribution is -2.07. The van der Waals surface area contributed by atoms with Crippen LogP contribution in [-0.2, 0) is 11.2 Å². The SMILES string of the molecule is Nc1ccc(Br)c(-c2nc(CCOCC(F)F)no2)c1. The summed E-state index contributed by atoms with van der Waals surface area (Å²) in [5.74, 6) is 0.705. The lowest BCUT2D eigenvalue weighted by atomic mass is 10.2. The van der Waals surface area contributed by atoms with Crippen molar-refractivity contribution in [3.63, 3.8) is 0 Å². The van der Waals surface area contributed by atoms with Crippen molar-refractivity contribution in [1.29, 1.82) is 0 Å². The van der Waals surface area contributed by atoms with E-state index in [-0.39, 0.29) is 6.61 Å². The minimum absolute atomic E-state index is 0.113. The maximum absolute atomic E-state index is 11.9. The van der Waals surface area contributed by atoms with Crippen LogP contribution in [-0.4, -0.2) is 29.8 Å². The smallest absolute Gasteiger partial charge is 0.261 e. The Kier molecular flexibility index (Phi) is 5.02. The van der Waals surface area contributed by atoms with Gasteiger partial charge in [0.1, 0.15) is 6.61 Å². The maximum atomic E-state index is 11.9. The minimum atomic E-state index is -2.47. The zero-order chi connectivity index (χ0) is 14.5. The molecule has 0 bridgehead atoms. The largest absolute Gasteiger partial charge is 0.399 e. The summed E-state index contributed by atoms with van der Waals surface area (Å²) in [5.41, 5.74) is 6.95. The number of nitrogens with two attached hydrogens (primary N) is 1. The molecule has 108 valence electrons. The van der Waals surface area contributed by atoms with Crippen molar-refractivity contribution in [3.05, 3.63) is 28.5 Å². The molecular weight excluding hydrogens is 336 g/mol. The molecule has 0 aliphatic carbocycles. The fraction of sp³-hybridized carbons (Fsp3) is 0.333. The number of rotatable bonds is 6. The third-order valence-electron chi connectivity index (χ3n) is 2.40. The molecule has 0 spiro atoms. The van der Waals surface area contributed by atoms with Crippen LogP contribution in [0, 0.1) is 0 Å². The van der Waals surface area contributed by atoms with Crippen molar-refractivity contribution < 1.29 is 18.0 Å². The molecule has 8 heteroatoms. The van der Waals surface area contributed by atoms with Crippen molar-refractivity contribution in [2.24, 2.45) is 0 Å².